The van der Waals surface area contributed by atoms with E-state index in [0.717, 1.165) is 33.8 Å². The lowest BCUT2D eigenvalue weighted by Gasteiger charge is -2.12. The molecule has 0 fully saturated rings. The highest BCUT2D eigenvalue weighted by atomic mass is 19.1. The Balaban J connectivity index is 1.59. The molecule has 0 spiro atoms. The van der Waals surface area contributed by atoms with Crippen LogP contribution in [0.2, 0.25) is 0 Å². The summed E-state index contributed by atoms with van der Waals surface area (Å²) < 4.78 is 51.4. The molecule has 172 valence electrons. The first-order valence-electron chi connectivity index (χ1n) is 9.86. The van der Waals surface area contributed by atoms with Crippen LogP contribution in [0.5, 0.6) is 11.6 Å². The zero-order valence-corrected chi connectivity index (χ0v) is 18.0. The lowest BCUT2D eigenvalue weighted by Crippen LogP contribution is -2.24. The number of benzene rings is 2. The Bertz CT molecular complexity index is 1360. The van der Waals surface area contributed by atoms with Crippen LogP contribution in [0.1, 0.15) is 25.1 Å². The normalized spacial score (nSPS) is 11.7. The van der Waals surface area contributed by atoms with Crippen LogP contribution in [-0.4, -0.2) is 29.2 Å². The number of hydrogen-bond acceptors (Lipinski definition) is 5. The van der Waals surface area contributed by atoms with Crippen molar-refractivity contribution >= 4 is 0 Å². The minimum absolute atomic E-state index is 0.0970. The summed E-state index contributed by atoms with van der Waals surface area (Å²) in [6.07, 6.45) is 1.12. The molecule has 0 aliphatic rings. The van der Waals surface area contributed by atoms with E-state index in [1.807, 2.05) is 0 Å². The predicted octanol–water partition coefficient (Wildman–Crippen LogP) is 3.25. The molecule has 2 aromatic heterocycles. The average molecular weight is 459 g/mol. The van der Waals surface area contributed by atoms with Crippen LogP contribution in [0.3, 0.4) is 0 Å². The number of aryl methyl sites for hydroxylation is 1. The Morgan fingerprint density at radius 3 is 2.36 bits per heavy atom. The second kappa shape index (κ2) is 8.24. The predicted molar refractivity (Wildman–Crippen MR) is 112 cm³/mol. The third kappa shape index (κ3) is 4.40. The van der Waals surface area contributed by atoms with Crippen LogP contribution in [0.25, 0.3) is 5.69 Å². The number of halogens is 3. The maximum Gasteiger partial charge on any atom is 0.350 e. The van der Waals surface area contributed by atoms with E-state index in [4.69, 9.17) is 4.74 Å². The molecule has 2 aromatic carbocycles. The van der Waals surface area contributed by atoms with E-state index >= 15 is 0 Å². The van der Waals surface area contributed by atoms with Gasteiger partial charge in [-0.3, -0.25) is 4.57 Å². The van der Waals surface area contributed by atoms with Gasteiger partial charge in [-0.05, 0) is 38.1 Å². The van der Waals surface area contributed by atoms with Crippen molar-refractivity contribution in [3.63, 3.8) is 0 Å². The molecule has 0 amide bonds. The van der Waals surface area contributed by atoms with Crippen molar-refractivity contribution in [1.29, 1.82) is 0 Å². The fourth-order valence-electron chi connectivity index (χ4n) is 3.14. The van der Waals surface area contributed by atoms with Gasteiger partial charge >= 0.3 is 5.69 Å². The minimum atomic E-state index is -1.20. The van der Waals surface area contributed by atoms with Gasteiger partial charge in [-0.15, -0.1) is 0 Å². The summed E-state index contributed by atoms with van der Waals surface area (Å²) in [6.45, 7) is 2.75. The monoisotopic (exact) mass is 459 g/mol. The molecule has 0 unspecified atom stereocenters. The quantitative estimate of drug-likeness (QED) is 0.478. The summed E-state index contributed by atoms with van der Waals surface area (Å²) in [5.41, 5.74) is -1.74. The Kier molecular flexibility index (Phi) is 5.58. The molecule has 0 aliphatic heterocycles. The maximum atomic E-state index is 14.7. The average Bonchev–Trinajstić information content (AvgIpc) is 3.29. The van der Waals surface area contributed by atoms with Crippen LogP contribution in [0.15, 0.2) is 53.6 Å². The van der Waals surface area contributed by atoms with Crippen molar-refractivity contribution in [3.8, 4) is 17.3 Å². The summed E-state index contributed by atoms with van der Waals surface area (Å²) in [6, 6.07) is 8.66. The van der Waals surface area contributed by atoms with Crippen molar-refractivity contribution in [2.75, 3.05) is 0 Å². The molecule has 8 nitrogen and oxygen atoms in total. The number of aromatic nitrogens is 5. The number of nitrogens with zero attached hydrogens (tertiary/aromatic N) is 5. The fourth-order valence-corrected chi connectivity index (χ4v) is 3.14. The lowest BCUT2D eigenvalue weighted by molar-refractivity contribution is 0.0732. The Morgan fingerprint density at radius 2 is 1.76 bits per heavy atom. The van der Waals surface area contributed by atoms with E-state index in [1.54, 1.807) is 20.9 Å². The molecule has 0 saturated heterocycles. The van der Waals surface area contributed by atoms with Crippen molar-refractivity contribution in [2.24, 2.45) is 7.05 Å². The molecular formula is C22H20F3N5O3. The van der Waals surface area contributed by atoms with E-state index in [1.165, 1.54) is 28.9 Å². The maximum absolute atomic E-state index is 14.7. The summed E-state index contributed by atoms with van der Waals surface area (Å²) in [5, 5.41) is 18.1. The molecule has 11 heteroatoms. The Morgan fingerprint density at radius 1 is 1.06 bits per heavy atom. The summed E-state index contributed by atoms with van der Waals surface area (Å²) in [5.74, 6) is -2.28. The summed E-state index contributed by atoms with van der Waals surface area (Å²) >= 11 is 0. The van der Waals surface area contributed by atoms with E-state index in [9.17, 15) is 23.1 Å². The van der Waals surface area contributed by atoms with Crippen molar-refractivity contribution in [3.05, 3.63) is 88.0 Å². The molecule has 2 heterocycles. The molecule has 33 heavy (non-hydrogen) atoms. The molecule has 4 rings (SSSR count). The first-order chi connectivity index (χ1) is 15.5. The molecular weight excluding hydrogens is 439 g/mol. The topological polar surface area (TPSA) is 87.1 Å². The number of aliphatic hydroxyl groups is 1. The first-order valence-corrected chi connectivity index (χ1v) is 9.86. The second-order valence-electron chi connectivity index (χ2n) is 7.92. The van der Waals surface area contributed by atoms with Gasteiger partial charge in [0, 0.05) is 24.7 Å². The smallest absolute Gasteiger partial charge is 0.350 e. The van der Waals surface area contributed by atoms with Gasteiger partial charge in [0.2, 0.25) is 5.88 Å². The van der Waals surface area contributed by atoms with Crippen LogP contribution in [0.4, 0.5) is 13.2 Å². The SMILES string of the molecule is Cn1nc(C(C)(C)O)cc1Oc1ccc(-n2ncn(Cc3c(F)cccc3F)c2=O)cc1F. The first kappa shape index (κ1) is 22.3. The van der Waals surface area contributed by atoms with E-state index < -0.39 is 28.7 Å². The van der Waals surface area contributed by atoms with Crippen LogP contribution in [0, 0.1) is 17.5 Å². The fraction of sp³-hybridized carbons (Fsp3) is 0.227. The van der Waals surface area contributed by atoms with Crippen molar-refractivity contribution < 1.29 is 23.0 Å². The standard InChI is InChI=1S/C22H20F3N5O3/c1-22(2,32)19-10-20(28(3)27-19)33-18-8-7-13(9-17(18)25)30-21(31)29(12-26-30)11-14-15(23)5-4-6-16(14)24/h4-10,12,32H,11H2,1-3H3. The van der Waals surface area contributed by atoms with Crippen LogP contribution < -0.4 is 10.4 Å². The number of hydrogen-bond donors (Lipinski definition) is 1. The molecule has 0 saturated carbocycles. The highest BCUT2D eigenvalue weighted by molar-refractivity contribution is 5.39. The Labute approximate surface area is 186 Å². The molecule has 0 atom stereocenters. The number of rotatable bonds is 6. The molecule has 0 radical (unpaired) electrons. The van der Waals surface area contributed by atoms with Gasteiger partial charge < -0.3 is 9.84 Å². The zero-order chi connectivity index (χ0) is 23.9. The van der Waals surface area contributed by atoms with Gasteiger partial charge in [0.05, 0.1) is 17.9 Å². The van der Waals surface area contributed by atoms with Crippen LogP contribution in [-0.2, 0) is 19.2 Å². The molecule has 4 aromatic rings. The van der Waals surface area contributed by atoms with Gasteiger partial charge in [0.25, 0.3) is 0 Å². The van der Waals surface area contributed by atoms with Gasteiger partial charge in [-0.25, -0.2) is 22.6 Å². The largest absolute Gasteiger partial charge is 0.436 e. The van der Waals surface area contributed by atoms with E-state index in [0.29, 0.717) is 5.69 Å². The zero-order valence-electron chi connectivity index (χ0n) is 18.0. The molecule has 0 bridgehead atoms. The van der Waals surface area contributed by atoms with Gasteiger partial charge in [-0.2, -0.15) is 14.9 Å². The highest BCUT2D eigenvalue weighted by Crippen LogP contribution is 2.29. The van der Waals surface area contributed by atoms with Crippen molar-refractivity contribution in [1.82, 2.24) is 24.1 Å². The van der Waals surface area contributed by atoms with Gasteiger partial charge in [0.1, 0.15) is 23.6 Å². The third-order valence-electron chi connectivity index (χ3n) is 4.96. The van der Waals surface area contributed by atoms with Crippen LogP contribution >= 0.6 is 0 Å². The molecule has 0 aliphatic carbocycles. The van der Waals surface area contributed by atoms with Gasteiger partial charge in [-0.1, -0.05) is 6.07 Å². The number of ether oxygens (including phenoxy) is 1. The lowest BCUT2D eigenvalue weighted by atomic mass is 10.1. The molecule has 1 N–H and O–H groups in total. The van der Waals surface area contributed by atoms with Crippen molar-refractivity contribution in [2.45, 2.75) is 26.0 Å². The summed E-state index contributed by atoms with van der Waals surface area (Å²) in [4.78, 5) is 12.7. The van der Waals surface area contributed by atoms with Gasteiger partial charge in [0.15, 0.2) is 11.6 Å². The summed E-state index contributed by atoms with van der Waals surface area (Å²) in [7, 11) is 1.58. The van der Waals surface area contributed by atoms with E-state index in [2.05, 4.69) is 10.2 Å². The second-order valence-corrected chi connectivity index (χ2v) is 7.92. The van der Waals surface area contributed by atoms with E-state index in [-0.39, 0.29) is 29.4 Å². The Hall–Kier alpha value is -3.86. The highest BCUT2D eigenvalue weighted by Gasteiger charge is 2.22. The third-order valence-corrected chi connectivity index (χ3v) is 4.96. The minimum Gasteiger partial charge on any atom is -0.436 e.